The molecular weight excluding hydrogens is 371 g/mol. The smallest absolute Gasteiger partial charge is 0.249 e. The largest absolute Gasteiger partial charge is 0.494 e. The molecule has 0 bridgehead atoms. The summed E-state index contributed by atoms with van der Waals surface area (Å²) in [5.74, 6) is 1.84. The molecule has 0 unspecified atom stereocenters. The van der Waals surface area contributed by atoms with Crippen LogP contribution in [-0.2, 0) is 0 Å². The normalized spacial score (nSPS) is 14.0. The molecule has 7 nitrogen and oxygen atoms in total. The van der Waals surface area contributed by atoms with Crippen LogP contribution in [0.1, 0.15) is 6.92 Å². The second-order valence-corrected chi connectivity index (χ2v) is 6.67. The van der Waals surface area contributed by atoms with Gasteiger partial charge in [0.05, 0.1) is 12.8 Å². The Morgan fingerprint density at radius 3 is 2.34 bits per heavy atom. The molecule has 4 rings (SSSR count). The summed E-state index contributed by atoms with van der Waals surface area (Å²) < 4.78 is 18.6. The van der Waals surface area contributed by atoms with E-state index in [4.69, 9.17) is 4.74 Å². The van der Waals surface area contributed by atoms with Gasteiger partial charge in [0.25, 0.3) is 0 Å². The molecule has 0 radical (unpaired) electrons. The van der Waals surface area contributed by atoms with Crippen LogP contribution in [0.3, 0.4) is 0 Å². The highest BCUT2D eigenvalue weighted by molar-refractivity contribution is 5.56. The fraction of sp³-hybridized carbons (Fsp3) is 0.286. The summed E-state index contributed by atoms with van der Waals surface area (Å²) in [5.41, 5.74) is 1.90. The Kier molecular flexibility index (Phi) is 5.69. The summed E-state index contributed by atoms with van der Waals surface area (Å²) in [7, 11) is 0. The molecule has 0 saturated carbocycles. The molecule has 1 saturated heterocycles. The van der Waals surface area contributed by atoms with Crippen LogP contribution in [0.15, 0.2) is 54.7 Å². The standard InChI is InChI=1S/C21H23FN6O/c1-2-29-19-9-5-17(6-10-19)24-21-25-20(15-23-26-21)28-13-11-27(12-14-28)18-7-3-16(22)4-8-18/h3-10,15H,2,11-14H2,1H3,(H,24,25,26). The number of ether oxygens (including phenoxy) is 1. The average Bonchev–Trinajstić information content (AvgIpc) is 2.76. The van der Waals surface area contributed by atoms with Crippen molar-refractivity contribution in [2.24, 2.45) is 0 Å². The van der Waals surface area contributed by atoms with Gasteiger partial charge in [-0.3, -0.25) is 0 Å². The molecule has 1 aromatic heterocycles. The maximum Gasteiger partial charge on any atom is 0.249 e. The van der Waals surface area contributed by atoms with Crippen LogP contribution < -0.4 is 19.9 Å². The van der Waals surface area contributed by atoms with Crippen molar-refractivity contribution in [3.63, 3.8) is 0 Å². The van der Waals surface area contributed by atoms with E-state index in [-0.39, 0.29) is 5.82 Å². The van der Waals surface area contributed by atoms with Gasteiger partial charge >= 0.3 is 0 Å². The fourth-order valence-corrected chi connectivity index (χ4v) is 3.28. The summed E-state index contributed by atoms with van der Waals surface area (Å²) >= 11 is 0. The van der Waals surface area contributed by atoms with Crippen molar-refractivity contribution in [2.45, 2.75) is 6.92 Å². The van der Waals surface area contributed by atoms with E-state index in [1.165, 1.54) is 12.1 Å². The van der Waals surface area contributed by atoms with Gasteiger partial charge in [0.2, 0.25) is 5.95 Å². The molecule has 29 heavy (non-hydrogen) atoms. The van der Waals surface area contributed by atoms with E-state index in [1.807, 2.05) is 43.3 Å². The number of nitrogens with one attached hydrogen (secondary N) is 1. The molecule has 0 aliphatic carbocycles. The Bertz CT molecular complexity index is 927. The monoisotopic (exact) mass is 394 g/mol. The zero-order chi connectivity index (χ0) is 20.1. The molecule has 0 spiro atoms. The predicted octanol–water partition coefficient (Wildman–Crippen LogP) is 3.48. The Hall–Kier alpha value is -3.42. The first-order valence-electron chi connectivity index (χ1n) is 9.66. The van der Waals surface area contributed by atoms with Crippen molar-refractivity contribution >= 4 is 23.1 Å². The molecule has 0 atom stereocenters. The van der Waals surface area contributed by atoms with Crippen LogP contribution in [0.2, 0.25) is 0 Å². The lowest BCUT2D eigenvalue weighted by Crippen LogP contribution is -2.46. The van der Waals surface area contributed by atoms with E-state index in [0.717, 1.165) is 49.1 Å². The number of anilines is 4. The maximum absolute atomic E-state index is 13.1. The van der Waals surface area contributed by atoms with Crippen LogP contribution in [-0.4, -0.2) is 48.0 Å². The number of halogens is 1. The predicted molar refractivity (Wildman–Crippen MR) is 112 cm³/mol. The number of benzene rings is 2. The van der Waals surface area contributed by atoms with Crippen molar-refractivity contribution in [1.82, 2.24) is 15.2 Å². The van der Waals surface area contributed by atoms with Crippen molar-refractivity contribution in [3.05, 3.63) is 60.5 Å². The van der Waals surface area contributed by atoms with E-state index in [1.54, 1.807) is 6.20 Å². The van der Waals surface area contributed by atoms with Crippen LogP contribution in [0.4, 0.5) is 27.5 Å². The van der Waals surface area contributed by atoms with Gasteiger partial charge in [0.1, 0.15) is 11.6 Å². The first-order chi connectivity index (χ1) is 14.2. The maximum atomic E-state index is 13.1. The van der Waals surface area contributed by atoms with Crippen LogP contribution in [0, 0.1) is 5.82 Å². The van der Waals surface area contributed by atoms with Gasteiger partial charge in [-0.2, -0.15) is 10.1 Å². The van der Waals surface area contributed by atoms with E-state index < -0.39 is 0 Å². The van der Waals surface area contributed by atoms with Crippen molar-refractivity contribution < 1.29 is 9.13 Å². The van der Waals surface area contributed by atoms with Crippen molar-refractivity contribution in [2.75, 3.05) is 47.9 Å². The van der Waals surface area contributed by atoms with Gasteiger partial charge in [-0.25, -0.2) is 4.39 Å². The third-order valence-electron chi connectivity index (χ3n) is 4.76. The minimum absolute atomic E-state index is 0.216. The summed E-state index contributed by atoms with van der Waals surface area (Å²) in [6, 6.07) is 14.3. The number of rotatable bonds is 6. The molecule has 150 valence electrons. The number of nitrogens with zero attached hydrogens (tertiary/aromatic N) is 5. The first kappa shape index (κ1) is 18.9. The van der Waals surface area contributed by atoms with Crippen molar-refractivity contribution in [1.29, 1.82) is 0 Å². The number of aromatic nitrogens is 3. The van der Waals surface area contributed by atoms with Gasteiger partial charge in [0, 0.05) is 37.6 Å². The minimum atomic E-state index is -0.216. The van der Waals surface area contributed by atoms with Crippen LogP contribution in [0.25, 0.3) is 0 Å². The molecule has 2 heterocycles. The van der Waals surface area contributed by atoms with Crippen molar-refractivity contribution in [3.8, 4) is 5.75 Å². The molecule has 2 aromatic carbocycles. The third-order valence-corrected chi connectivity index (χ3v) is 4.76. The topological polar surface area (TPSA) is 66.4 Å². The summed E-state index contributed by atoms with van der Waals surface area (Å²) in [6.07, 6.45) is 1.68. The minimum Gasteiger partial charge on any atom is -0.494 e. The van der Waals surface area contributed by atoms with E-state index in [0.29, 0.717) is 12.6 Å². The highest BCUT2D eigenvalue weighted by Crippen LogP contribution is 2.21. The quantitative estimate of drug-likeness (QED) is 0.687. The Balaban J connectivity index is 1.38. The lowest BCUT2D eigenvalue weighted by Gasteiger charge is -2.36. The van der Waals surface area contributed by atoms with Gasteiger partial charge in [0.15, 0.2) is 5.82 Å². The molecule has 1 aliphatic rings. The van der Waals surface area contributed by atoms with E-state index in [9.17, 15) is 4.39 Å². The highest BCUT2D eigenvalue weighted by atomic mass is 19.1. The SMILES string of the molecule is CCOc1ccc(Nc2nncc(N3CCN(c4ccc(F)cc4)CC3)n2)cc1. The average molecular weight is 394 g/mol. The van der Waals surface area contributed by atoms with Crippen LogP contribution in [0.5, 0.6) is 5.75 Å². The lowest BCUT2D eigenvalue weighted by atomic mass is 10.2. The van der Waals surface area contributed by atoms with Gasteiger partial charge < -0.3 is 19.9 Å². The second kappa shape index (κ2) is 8.72. The molecule has 1 fully saturated rings. The summed E-state index contributed by atoms with van der Waals surface area (Å²) in [6.45, 7) is 5.86. The molecular formula is C21H23FN6O. The first-order valence-corrected chi connectivity index (χ1v) is 9.66. The zero-order valence-corrected chi connectivity index (χ0v) is 16.3. The zero-order valence-electron chi connectivity index (χ0n) is 16.3. The number of hydrogen-bond donors (Lipinski definition) is 1. The number of piperazine rings is 1. The van der Waals surface area contributed by atoms with Crippen LogP contribution >= 0.6 is 0 Å². The Morgan fingerprint density at radius 1 is 0.966 bits per heavy atom. The fourth-order valence-electron chi connectivity index (χ4n) is 3.28. The second-order valence-electron chi connectivity index (χ2n) is 6.67. The van der Waals surface area contributed by atoms with E-state index in [2.05, 4.69) is 30.3 Å². The van der Waals surface area contributed by atoms with Gasteiger partial charge in [-0.15, -0.1) is 5.10 Å². The number of hydrogen-bond acceptors (Lipinski definition) is 7. The lowest BCUT2D eigenvalue weighted by molar-refractivity contribution is 0.340. The third kappa shape index (κ3) is 4.71. The van der Waals surface area contributed by atoms with E-state index >= 15 is 0 Å². The van der Waals surface area contributed by atoms with Gasteiger partial charge in [-0.05, 0) is 55.5 Å². The molecule has 8 heteroatoms. The Morgan fingerprint density at radius 2 is 1.66 bits per heavy atom. The Labute approximate surface area is 169 Å². The van der Waals surface area contributed by atoms with Gasteiger partial charge in [-0.1, -0.05) is 0 Å². The molecule has 0 amide bonds. The highest BCUT2D eigenvalue weighted by Gasteiger charge is 2.19. The molecule has 3 aromatic rings. The summed E-state index contributed by atoms with van der Waals surface area (Å²) in [4.78, 5) is 9.02. The molecule has 1 aliphatic heterocycles. The molecule has 1 N–H and O–H groups in total. The summed E-state index contributed by atoms with van der Waals surface area (Å²) in [5, 5.41) is 11.4.